The molecule has 2 aromatic heterocycles. The summed E-state index contributed by atoms with van der Waals surface area (Å²) < 4.78 is 38.4. The fourth-order valence-electron chi connectivity index (χ4n) is 4.26. The zero-order valence-corrected chi connectivity index (χ0v) is 24.0. The van der Waals surface area contributed by atoms with Crippen LogP contribution >= 0.6 is 34.4 Å². The van der Waals surface area contributed by atoms with Gasteiger partial charge in [0.2, 0.25) is 22.1 Å². The van der Waals surface area contributed by atoms with E-state index < -0.39 is 24.0 Å². The van der Waals surface area contributed by atoms with E-state index in [0.29, 0.717) is 46.6 Å². The lowest BCUT2D eigenvalue weighted by atomic mass is 9.96. The molecular formula is C24H28F3N7O3S3. The maximum atomic E-state index is 12.8. The number of allylic oxidation sites excluding steroid dienone is 3. The molecule has 1 aliphatic heterocycles. The molecule has 3 amide bonds. The number of likely N-dealkylation sites (tertiary alicyclic amines) is 1. The Bertz CT molecular complexity index is 1280. The van der Waals surface area contributed by atoms with E-state index in [1.54, 1.807) is 11.8 Å². The van der Waals surface area contributed by atoms with Gasteiger partial charge in [0.15, 0.2) is 0 Å². The van der Waals surface area contributed by atoms with E-state index in [1.807, 2.05) is 6.08 Å². The summed E-state index contributed by atoms with van der Waals surface area (Å²) in [6.07, 6.45) is 4.21. The fraction of sp³-hybridized carbons (Fsp3) is 0.542. The van der Waals surface area contributed by atoms with Gasteiger partial charge in [0.25, 0.3) is 0 Å². The van der Waals surface area contributed by atoms with Crippen molar-refractivity contribution in [2.75, 3.05) is 28.7 Å². The molecule has 10 nitrogen and oxygen atoms in total. The molecule has 0 bridgehead atoms. The average Bonchev–Trinajstić information content (AvgIpc) is 3.64. The third kappa shape index (κ3) is 8.57. The molecule has 2 atom stereocenters. The summed E-state index contributed by atoms with van der Waals surface area (Å²) in [7, 11) is 0. The molecule has 1 fully saturated rings. The number of carbonyl (C=O) groups is 3. The van der Waals surface area contributed by atoms with E-state index in [2.05, 4.69) is 50.1 Å². The molecule has 0 radical (unpaired) electrons. The lowest BCUT2D eigenvalue weighted by Gasteiger charge is -2.24. The normalized spacial score (nSPS) is 19.0. The molecule has 0 spiro atoms. The number of aromatic nitrogens is 4. The molecule has 4 rings (SSSR count). The number of hydrogen-bond acceptors (Lipinski definition) is 10. The van der Waals surface area contributed by atoms with Crippen LogP contribution in [-0.4, -0.2) is 73.3 Å². The van der Waals surface area contributed by atoms with Gasteiger partial charge in [-0.1, -0.05) is 47.8 Å². The predicted octanol–water partition coefficient (Wildman–Crippen LogP) is 4.25. The Morgan fingerprint density at radius 3 is 2.33 bits per heavy atom. The minimum absolute atomic E-state index is 0.113. The summed E-state index contributed by atoms with van der Waals surface area (Å²) in [6.45, 7) is 2.00. The lowest BCUT2D eigenvalue weighted by molar-refractivity contribution is -0.186. The Balaban J connectivity index is 1.14. The van der Waals surface area contributed by atoms with Crippen LogP contribution in [-0.2, 0) is 27.2 Å². The number of alkyl halides is 3. The molecule has 0 aromatic carbocycles. The highest BCUT2D eigenvalue weighted by Gasteiger charge is 2.47. The first-order valence-corrected chi connectivity index (χ1v) is 15.5. The summed E-state index contributed by atoms with van der Waals surface area (Å²) in [6, 6.07) is -1.18. The van der Waals surface area contributed by atoms with Crippen molar-refractivity contribution in [1.82, 2.24) is 25.3 Å². The number of hydrogen-bond donors (Lipinski definition) is 2. The molecule has 1 unspecified atom stereocenters. The minimum Gasteiger partial charge on any atom is -0.323 e. The second kappa shape index (κ2) is 13.7. The molecular weight excluding hydrogens is 588 g/mol. The topological polar surface area (TPSA) is 130 Å². The number of nitrogens with one attached hydrogen (secondary N) is 2. The predicted molar refractivity (Wildman–Crippen MR) is 148 cm³/mol. The number of carbonyl (C=O) groups excluding carboxylic acids is 3. The average molecular weight is 616 g/mol. The van der Waals surface area contributed by atoms with Gasteiger partial charge in [0, 0.05) is 19.4 Å². The molecule has 1 saturated heterocycles. The van der Waals surface area contributed by atoms with Crippen LogP contribution < -0.4 is 10.6 Å². The monoisotopic (exact) mass is 615 g/mol. The standard InChI is InChI=1S/C24H28F3N7O3S3/c1-14-4-2-5-15(12-14)13-17(35)28-22-32-30-18(39-22)7-10-38-11-8-19-31-33-23(40-19)29-20(36)16-6-3-9-34(16)21(37)24(25,26)27/h2,5,12,14,16H,3-4,6-11,13H2,1H3,(H,28,32,35)(H,29,33,36)/t14?,16-/m0/s1. The third-order valence-corrected chi connectivity index (χ3v) is 8.88. The third-order valence-electron chi connectivity index (χ3n) is 6.09. The fourth-order valence-corrected chi connectivity index (χ4v) is 6.89. The zero-order valence-electron chi connectivity index (χ0n) is 21.6. The van der Waals surface area contributed by atoms with E-state index in [1.165, 1.54) is 11.3 Å². The highest BCUT2D eigenvalue weighted by molar-refractivity contribution is 7.99. The summed E-state index contributed by atoms with van der Waals surface area (Å²) in [4.78, 5) is 36.9. The number of aryl methyl sites for hydroxylation is 2. The van der Waals surface area contributed by atoms with Gasteiger partial charge in [-0.2, -0.15) is 24.9 Å². The maximum absolute atomic E-state index is 12.8. The van der Waals surface area contributed by atoms with Crippen molar-refractivity contribution in [3.05, 3.63) is 33.8 Å². The van der Waals surface area contributed by atoms with Gasteiger partial charge in [0.05, 0.1) is 6.42 Å². The van der Waals surface area contributed by atoms with E-state index in [-0.39, 0.29) is 24.0 Å². The number of anilines is 2. The van der Waals surface area contributed by atoms with Gasteiger partial charge in [0.1, 0.15) is 16.1 Å². The Morgan fingerprint density at radius 1 is 1.05 bits per heavy atom. The smallest absolute Gasteiger partial charge is 0.323 e. The highest BCUT2D eigenvalue weighted by Crippen LogP contribution is 2.27. The van der Waals surface area contributed by atoms with Crippen molar-refractivity contribution < 1.29 is 27.6 Å². The van der Waals surface area contributed by atoms with Gasteiger partial charge in [-0.05, 0) is 42.3 Å². The molecule has 1 aliphatic carbocycles. The van der Waals surface area contributed by atoms with Crippen molar-refractivity contribution in [2.45, 2.75) is 57.7 Å². The van der Waals surface area contributed by atoms with E-state index >= 15 is 0 Å². The summed E-state index contributed by atoms with van der Waals surface area (Å²) >= 11 is 4.17. The van der Waals surface area contributed by atoms with Crippen LogP contribution in [0.3, 0.4) is 0 Å². The van der Waals surface area contributed by atoms with Crippen LogP contribution in [0.15, 0.2) is 23.8 Å². The number of amides is 3. The Labute approximate surface area is 240 Å². The largest absolute Gasteiger partial charge is 0.471 e. The molecule has 2 N–H and O–H groups in total. The van der Waals surface area contributed by atoms with Crippen LogP contribution in [0.25, 0.3) is 0 Å². The van der Waals surface area contributed by atoms with Crippen molar-refractivity contribution in [3.8, 4) is 0 Å². The number of halogens is 3. The SMILES string of the molecule is CC1C=C(CC(=O)Nc2nnc(CCSCCc3nnc(NC(=O)[C@@H]4CCCN4C(=O)C(F)(F)F)s3)s2)C=CC1. The van der Waals surface area contributed by atoms with Crippen LogP contribution in [0, 0.1) is 5.92 Å². The van der Waals surface area contributed by atoms with Gasteiger partial charge in [-0.25, -0.2) is 0 Å². The molecule has 216 valence electrons. The minimum atomic E-state index is -5.02. The van der Waals surface area contributed by atoms with Crippen molar-refractivity contribution in [1.29, 1.82) is 0 Å². The molecule has 3 heterocycles. The van der Waals surface area contributed by atoms with Crippen LogP contribution in [0.1, 0.15) is 42.6 Å². The molecule has 16 heteroatoms. The van der Waals surface area contributed by atoms with E-state index in [0.717, 1.165) is 39.8 Å². The first-order chi connectivity index (χ1) is 19.1. The van der Waals surface area contributed by atoms with Crippen molar-refractivity contribution in [3.63, 3.8) is 0 Å². The Hall–Kier alpha value is -2.85. The molecule has 0 saturated carbocycles. The number of rotatable bonds is 11. The molecule has 2 aliphatic rings. The van der Waals surface area contributed by atoms with Crippen LogP contribution in [0.2, 0.25) is 0 Å². The summed E-state index contributed by atoms with van der Waals surface area (Å²) in [5.74, 6) is -0.867. The van der Waals surface area contributed by atoms with E-state index in [4.69, 9.17) is 0 Å². The summed E-state index contributed by atoms with van der Waals surface area (Å²) in [5.41, 5.74) is 1.00. The second-order valence-corrected chi connectivity index (χ2v) is 12.7. The Kier molecular flexibility index (Phi) is 10.3. The van der Waals surface area contributed by atoms with E-state index in [9.17, 15) is 27.6 Å². The van der Waals surface area contributed by atoms with Crippen molar-refractivity contribution >= 4 is 62.4 Å². The number of thioether (sulfide) groups is 1. The van der Waals surface area contributed by atoms with Gasteiger partial charge < -0.3 is 10.2 Å². The second-order valence-electron chi connectivity index (χ2n) is 9.34. The van der Waals surface area contributed by atoms with Crippen LogP contribution in [0.4, 0.5) is 23.4 Å². The maximum Gasteiger partial charge on any atom is 0.471 e. The first-order valence-electron chi connectivity index (χ1n) is 12.7. The summed E-state index contributed by atoms with van der Waals surface area (Å²) in [5, 5.41) is 23.6. The quantitative estimate of drug-likeness (QED) is 0.359. The first kappa shape index (κ1) is 30.1. The van der Waals surface area contributed by atoms with Gasteiger partial charge in [-0.3, -0.25) is 19.7 Å². The zero-order chi connectivity index (χ0) is 28.7. The lowest BCUT2D eigenvalue weighted by Crippen LogP contribution is -2.48. The molecule has 40 heavy (non-hydrogen) atoms. The van der Waals surface area contributed by atoms with Crippen molar-refractivity contribution in [2.24, 2.45) is 5.92 Å². The Morgan fingerprint density at radius 2 is 1.70 bits per heavy atom. The highest BCUT2D eigenvalue weighted by atomic mass is 32.2. The van der Waals surface area contributed by atoms with Gasteiger partial charge >= 0.3 is 12.1 Å². The number of nitrogens with zero attached hydrogens (tertiary/aromatic N) is 5. The molecule has 2 aromatic rings. The van der Waals surface area contributed by atoms with Crippen LogP contribution in [0.5, 0.6) is 0 Å². The van der Waals surface area contributed by atoms with Gasteiger partial charge in [-0.15, -0.1) is 20.4 Å².